The zero-order valence-corrected chi connectivity index (χ0v) is 13.0. The summed E-state index contributed by atoms with van der Waals surface area (Å²) in [4.78, 5) is 2.48. The van der Waals surface area contributed by atoms with E-state index in [9.17, 15) is 8.42 Å². The van der Waals surface area contributed by atoms with Gasteiger partial charge in [-0.3, -0.25) is 0 Å². The number of hydrogen-bond donors (Lipinski definition) is 1. The van der Waals surface area contributed by atoms with Crippen LogP contribution >= 0.6 is 0 Å². The third-order valence-electron chi connectivity index (χ3n) is 3.72. The van der Waals surface area contributed by atoms with E-state index in [4.69, 9.17) is 0 Å². The monoisotopic (exact) mass is 276 g/mol. The molecule has 1 rings (SSSR count). The smallest absolute Gasteiger partial charge is 0.151 e. The zero-order chi connectivity index (χ0) is 13.8. The van der Waals surface area contributed by atoms with Crippen LogP contribution in [0.25, 0.3) is 0 Å². The second-order valence-electron chi connectivity index (χ2n) is 5.67. The molecule has 1 unspecified atom stereocenters. The van der Waals surface area contributed by atoms with Crippen LogP contribution in [0.3, 0.4) is 0 Å². The Balaban J connectivity index is 2.33. The number of nitrogens with one attached hydrogen (secondary N) is 1. The van der Waals surface area contributed by atoms with E-state index in [1.54, 1.807) is 6.92 Å². The van der Waals surface area contributed by atoms with Gasteiger partial charge >= 0.3 is 0 Å². The van der Waals surface area contributed by atoms with Crippen LogP contribution in [-0.4, -0.2) is 56.0 Å². The van der Waals surface area contributed by atoms with Crippen molar-refractivity contribution >= 4 is 9.84 Å². The lowest BCUT2D eigenvalue weighted by Crippen LogP contribution is -2.48. The van der Waals surface area contributed by atoms with Crippen LogP contribution in [0.4, 0.5) is 0 Å². The Bertz CT molecular complexity index is 333. The average molecular weight is 276 g/mol. The van der Waals surface area contributed by atoms with Crippen LogP contribution in [0.15, 0.2) is 0 Å². The maximum Gasteiger partial charge on any atom is 0.151 e. The summed E-state index contributed by atoms with van der Waals surface area (Å²) in [5.74, 6) is 0.499. The predicted octanol–water partition coefficient (Wildman–Crippen LogP) is 1.27. The summed E-state index contributed by atoms with van der Waals surface area (Å²) < 4.78 is 23.1. The molecule has 0 aromatic heterocycles. The zero-order valence-electron chi connectivity index (χ0n) is 12.1. The number of nitrogens with zero attached hydrogens (tertiary/aromatic N) is 1. The molecule has 0 radical (unpaired) electrons. The molecule has 1 aliphatic heterocycles. The SMILES string of the molecule is CCS(=O)(=O)CC(C)NC1CCN(C(C)C)CC1. The molecule has 1 N–H and O–H groups in total. The van der Waals surface area contributed by atoms with Gasteiger partial charge < -0.3 is 10.2 Å². The van der Waals surface area contributed by atoms with Gasteiger partial charge in [0.2, 0.25) is 0 Å². The van der Waals surface area contributed by atoms with E-state index in [2.05, 4.69) is 24.1 Å². The highest BCUT2D eigenvalue weighted by Gasteiger charge is 2.23. The van der Waals surface area contributed by atoms with Crippen molar-refractivity contribution in [3.63, 3.8) is 0 Å². The molecule has 0 aromatic carbocycles. The van der Waals surface area contributed by atoms with Gasteiger partial charge in [-0.2, -0.15) is 0 Å². The van der Waals surface area contributed by atoms with Crippen molar-refractivity contribution in [1.82, 2.24) is 10.2 Å². The van der Waals surface area contributed by atoms with Gasteiger partial charge in [-0.05, 0) is 46.7 Å². The number of likely N-dealkylation sites (tertiary alicyclic amines) is 1. The molecule has 0 amide bonds. The van der Waals surface area contributed by atoms with Crippen molar-refractivity contribution in [3.05, 3.63) is 0 Å². The van der Waals surface area contributed by atoms with Gasteiger partial charge in [-0.25, -0.2) is 8.42 Å². The Morgan fingerprint density at radius 3 is 2.22 bits per heavy atom. The molecule has 0 saturated carbocycles. The molecule has 108 valence electrons. The summed E-state index contributed by atoms with van der Waals surface area (Å²) in [6.45, 7) is 10.4. The van der Waals surface area contributed by atoms with Crippen molar-refractivity contribution in [2.45, 2.75) is 58.7 Å². The summed E-state index contributed by atoms with van der Waals surface area (Å²) in [7, 11) is -2.87. The molecule has 1 saturated heterocycles. The second-order valence-corrected chi connectivity index (χ2v) is 8.07. The molecule has 0 bridgehead atoms. The molecule has 1 aliphatic rings. The first kappa shape index (κ1) is 15.9. The van der Waals surface area contributed by atoms with Crippen LogP contribution in [0.5, 0.6) is 0 Å². The molecule has 0 aliphatic carbocycles. The first-order valence-electron chi connectivity index (χ1n) is 7.04. The molecule has 1 atom stereocenters. The lowest BCUT2D eigenvalue weighted by molar-refractivity contribution is 0.158. The maximum absolute atomic E-state index is 11.5. The fourth-order valence-corrected chi connectivity index (χ4v) is 3.63. The fraction of sp³-hybridized carbons (Fsp3) is 1.00. The lowest BCUT2D eigenvalue weighted by atomic mass is 10.0. The Morgan fingerprint density at radius 1 is 1.22 bits per heavy atom. The lowest BCUT2D eigenvalue weighted by Gasteiger charge is -2.36. The largest absolute Gasteiger partial charge is 0.310 e. The Labute approximate surface area is 112 Å². The van der Waals surface area contributed by atoms with E-state index >= 15 is 0 Å². The van der Waals surface area contributed by atoms with Gasteiger partial charge in [0.1, 0.15) is 0 Å². The molecular weight excluding hydrogens is 248 g/mol. The third-order valence-corrected chi connectivity index (χ3v) is 5.61. The first-order valence-corrected chi connectivity index (χ1v) is 8.86. The minimum atomic E-state index is -2.87. The van der Waals surface area contributed by atoms with Crippen LogP contribution in [0, 0.1) is 0 Å². The van der Waals surface area contributed by atoms with Gasteiger partial charge in [0.15, 0.2) is 9.84 Å². The highest BCUT2D eigenvalue weighted by Crippen LogP contribution is 2.13. The molecule has 5 heteroatoms. The van der Waals surface area contributed by atoms with Gasteiger partial charge in [-0.15, -0.1) is 0 Å². The number of rotatable bonds is 6. The van der Waals surface area contributed by atoms with Crippen molar-refractivity contribution in [3.8, 4) is 0 Å². The van der Waals surface area contributed by atoms with Crippen LogP contribution in [0.1, 0.15) is 40.5 Å². The maximum atomic E-state index is 11.5. The van der Waals surface area contributed by atoms with E-state index in [1.165, 1.54) is 0 Å². The molecule has 1 fully saturated rings. The minimum Gasteiger partial charge on any atom is -0.310 e. The van der Waals surface area contributed by atoms with Crippen LogP contribution < -0.4 is 5.32 Å². The quantitative estimate of drug-likeness (QED) is 0.794. The number of hydrogen-bond acceptors (Lipinski definition) is 4. The fourth-order valence-electron chi connectivity index (χ4n) is 2.53. The topological polar surface area (TPSA) is 49.4 Å². The van der Waals surface area contributed by atoms with Gasteiger partial charge in [0, 0.05) is 23.9 Å². The van der Waals surface area contributed by atoms with E-state index < -0.39 is 9.84 Å². The van der Waals surface area contributed by atoms with E-state index in [-0.39, 0.29) is 17.5 Å². The van der Waals surface area contributed by atoms with Gasteiger partial charge in [-0.1, -0.05) is 6.92 Å². The minimum absolute atomic E-state index is 0.0607. The van der Waals surface area contributed by atoms with Crippen molar-refractivity contribution in [1.29, 1.82) is 0 Å². The Kier molecular flexibility index (Phi) is 6.08. The van der Waals surface area contributed by atoms with Crippen molar-refractivity contribution < 1.29 is 8.42 Å². The summed E-state index contributed by atoms with van der Waals surface area (Å²) in [6.07, 6.45) is 2.24. The molecule has 1 heterocycles. The summed E-state index contributed by atoms with van der Waals surface area (Å²) in [5.41, 5.74) is 0. The normalized spacial score (nSPS) is 21.4. The molecule has 0 spiro atoms. The second kappa shape index (κ2) is 6.87. The predicted molar refractivity (Wildman–Crippen MR) is 76.7 cm³/mol. The van der Waals surface area contributed by atoms with Crippen molar-refractivity contribution in [2.24, 2.45) is 0 Å². The molecule has 18 heavy (non-hydrogen) atoms. The third kappa shape index (κ3) is 5.24. The number of piperidine rings is 1. The van der Waals surface area contributed by atoms with E-state index in [0.29, 0.717) is 12.1 Å². The highest BCUT2D eigenvalue weighted by molar-refractivity contribution is 7.91. The van der Waals surface area contributed by atoms with Gasteiger partial charge in [0.05, 0.1) is 5.75 Å². The average Bonchev–Trinajstić information content (AvgIpc) is 2.29. The number of sulfone groups is 1. The van der Waals surface area contributed by atoms with Gasteiger partial charge in [0.25, 0.3) is 0 Å². The van der Waals surface area contributed by atoms with E-state index in [1.807, 2.05) is 6.92 Å². The summed E-state index contributed by atoms with van der Waals surface area (Å²) in [5, 5.41) is 3.46. The molecular formula is C13H28N2O2S. The van der Waals surface area contributed by atoms with E-state index in [0.717, 1.165) is 25.9 Å². The Morgan fingerprint density at radius 2 is 1.78 bits per heavy atom. The van der Waals surface area contributed by atoms with Crippen molar-refractivity contribution in [2.75, 3.05) is 24.6 Å². The first-order chi connectivity index (χ1) is 8.34. The highest BCUT2D eigenvalue weighted by atomic mass is 32.2. The Hall–Kier alpha value is -0.130. The molecule has 4 nitrogen and oxygen atoms in total. The summed E-state index contributed by atoms with van der Waals surface area (Å²) >= 11 is 0. The molecule has 0 aromatic rings. The summed E-state index contributed by atoms with van der Waals surface area (Å²) in [6, 6.07) is 1.15. The van der Waals surface area contributed by atoms with Crippen LogP contribution in [0.2, 0.25) is 0 Å². The standard InChI is InChI=1S/C13H28N2O2S/c1-5-18(16,17)10-12(4)14-13-6-8-15(9-7-13)11(2)3/h11-14H,5-10H2,1-4H3. The van der Waals surface area contributed by atoms with Crippen LogP contribution in [-0.2, 0) is 9.84 Å².